The van der Waals surface area contributed by atoms with Crippen molar-refractivity contribution in [3.63, 3.8) is 0 Å². The number of carbonyl (C=O) groups excluding carboxylic acids is 1. The van der Waals surface area contributed by atoms with Crippen molar-refractivity contribution < 1.29 is 14.6 Å². The van der Waals surface area contributed by atoms with E-state index in [2.05, 4.69) is 34.9 Å². The summed E-state index contributed by atoms with van der Waals surface area (Å²) in [5.41, 5.74) is 2.75. The van der Waals surface area contributed by atoms with Crippen LogP contribution in [0.4, 0.5) is 4.79 Å². The number of methoxy groups -OCH3 is 1. The molecule has 0 bridgehead atoms. The molecule has 2 rings (SSSR count). The first-order valence-corrected chi connectivity index (χ1v) is 7.47. The van der Waals surface area contributed by atoms with E-state index in [1.54, 1.807) is 0 Å². The Kier molecular flexibility index (Phi) is 6.02. The van der Waals surface area contributed by atoms with E-state index in [-0.39, 0.29) is 19.2 Å². The maximum Gasteiger partial charge on any atom is 0.314 e. The molecule has 2 amide bonds. The second-order valence-electron chi connectivity index (χ2n) is 5.49. The van der Waals surface area contributed by atoms with Crippen molar-refractivity contribution in [3.05, 3.63) is 35.4 Å². The molecule has 5 heteroatoms. The van der Waals surface area contributed by atoms with Crippen LogP contribution in [0.2, 0.25) is 0 Å². The number of ether oxygens (including phenoxy) is 1. The molecule has 1 aromatic rings. The Bertz CT molecular complexity index is 465. The Morgan fingerprint density at radius 3 is 3.05 bits per heavy atom. The van der Waals surface area contributed by atoms with Gasteiger partial charge in [0, 0.05) is 26.1 Å². The molecule has 2 unspecified atom stereocenters. The zero-order valence-electron chi connectivity index (χ0n) is 12.5. The van der Waals surface area contributed by atoms with E-state index in [9.17, 15) is 9.90 Å². The summed E-state index contributed by atoms with van der Waals surface area (Å²) in [6.07, 6.45) is 2.72. The molecule has 116 valence electrons. The van der Waals surface area contributed by atoms with Gasteiger partial charge in [-0.15, -0.1) is 0 Å². The molecular formula is C16H24N2O3. The lowest BCUT2D eigenvalue weighted by atomic mass is 9.83. The number of aliphatic hydroxyl groups is 1. The van der Waals surface area contributed by atoms with Crippen molar-refractivity contribution in [3.8, 4) is 0 Å². The first-order chi connectivity index (χ1) is 10.2. The second-order valence-corrected chi connectivity index (χ2v) is 5.49. The molecule has 0 saturated heterocycles. The molecule has 21 heavy (non-hydrogen) atoms. The number of nitrogens with one attached hydrogen (secondary N) is 2. The van der Waals surface area contributed by atoms with Gasteiger partial charge in [0.2, 0.25) is 0 Å². The number of aliphatic hydroxyl groups excluding tert-OH is 1. The van der Waals surface area contributed by atoms with Gasteiger partial charge in [-0.05, 0) is 30.4 Å². The Morgan fingerprint density at radius 1 is 1.43 bits per heavy atom. The van der Waals surface area contributed by atoms with E-state index >= 15 is 0 Å². The fourth-order valence-corrected chi connectivity index (χ4v) is 2.81. The minimum atomic E-state index is -0.670. The van der Waals surface area contributed by atoms with Crippen LogP contribution in [0.5, 0.6) is 0 Å². The Morgan fingerprint density at radius 2 is 2.24 bits per heavy atom. The number of rotatable bonds is 6. The highest BCUT2D eigenvalue weighted by Gasteiger charge is 2.20. The normalized spacial score (nSPS) is 18.7. The summed E-state index contributed by atoms with van der Waals surface area (Å²) in [5, 5.41) is 15.0. The number of carbonyl (C=O) groups is 1. The number of hydrogen-bond acceptors (Lipinski definition) is 3. The first kappa shape index (κ1) is 15.8. The van der Waals surface area contributed by atoms with Crippen LogP contribution in [-0.4, -0.2) is 44.0 Å². The van der Waals surface area contributed by atoms with Crippen LogP contribution in [0.1, 0.15) is 29.9 Å². The van der Waals surface area contributed by atoms with E-state index in [1.807, 2.05) is 0 Å². The molecular weight excluding hydrogens is 268 g/mol. The highest BCUT2D eigenvalue weighted by molar-refractivity contribution is 5.73. The van der Waals surface area contributed by atoms with Crippen molar-refractivity contribution in [1.82, 2.24) is 10.6 Å². The largest absolute Gasteiger partial charge is 0.389 e. The van der Waals surface area contributed by atoms with Gasteiger partial charge in [-0.1, -0.05) is 24.3 Å². The SMILES string of the molecule is COCC(O)CNC(=O)NCC1CCCc2ccccc21. The molecule has 0 spiro atoms. The third-order valence-electron chi connectivity index (χ3n) is 3.86. The number of urea groups is 1. The van der Waals surface area contributed by atoms with Gasteiger partial charge in [0.1, 0.15) is 0 Å². The van der Waals surface area contributed by atoms with E-state index in [0.717, 1.165) is 19.3 Å². The van der Waals surface area contributed by atoms with Crippen LogP contribution >= 0.6 is 0 Å². The van der Waals surface area contributed by atoms with Crippen molar-refractivity contribution in [1.29, 1.82) is 0 Å². The lowest BCUT2D eigenvalue weighted by Crippen LogP contribution is -2.42. The van der Waals surface area contributed by atoms with Crippen LogP contribution < -0.4 is 10.6 Å². The molecule has 1 aliphatic rings. The molecule has 3 N–H and O–H groups in total. The average molecular weight is 292 g/mol. The van der Waals surface area contributed by atoms with Crippen LogP contribution in [-0.2, 0) is 11.2 Å². The van der Waals surface area contributed by atoms with Gasteiger partial charge < -0.3 is 20.5 Å². The van der Waals surface area contributed by atoms with Crippen molar-refractivity contribution >= 4 is 6.03 Å². The van der Waals surface area contributed by atoms with Crippen LogP contribution in [0, 0.1) is 0 Å². The predicted molar refractivity (Wildman–Crippen MR) is 81.4 cm³/mol. The summed E-state index contributed by atoms with van der Waals surface area (Å²) in [6.45, 7) is 1.04. The van der Waals surface area contributed by atoms with Gasteiger partial charge in [-0.3, -0.25) is 0 Å². The number of benzene rings is 1. The number of aryl methyl sites for hydroxylation is 1. The summed E-state index contributed by atoms with van der Waals surface area (Å²) >= 11 is 0. The highest BCUT2D eigenvalue weighted by atomic mass is 16.5. The molecule has 0 heterocycles. The minimum absolute atomic E-state index is 0.195. The molecule has 1 aliphatic carbocycles. The Labute approximate surface area is 125 Å². The lowest BCUT2D eigenvalue weighted by molar-refractivity contribution is 0.0660. The summed E-state index contributed by atoms with van der Waals surface area (Å²) in [6, 6.07) is 8.20. The third kappa shape index (κ3) is 4.72. The fraction of sp³-hybridized carbons (Fsp3) is 0.562. The first-order valence-electron chi connectivity index (χ1n) is 7.47. The highest BCUT2D eigenvalue weighted by Crippen LogP contribution is 2.30. The average Bonchev–Trinajstić information content (AvgIpc) is 2.51. The van der Waals surface area contributed by atoms with E-state index in [0.29, 0.717) is 12.5 Å². The molecule has 0 radical (unpaired) electrons. The molecule has 5 nitrogen and oxygen atoms in total. The van der Waals surface area contributed by atoms with Gasteiger partial charge in [-0.2, -0.15) is 0 Å². The van der Waals surface area contributed by atoms with Gasteiger partial charge in [-0.25, -0.2) is 4.79 Å². The maximum absolute atomic E-state index is 11.7. The van der Waals surface area contributed by atoms with Gasteiger partial charge in [0.05, 0.1) is 12.7 Å². The maximum atomic E-state index is 11.7. The third-order valence-corrected chi connectivity index (χ3v) is 3.86. The van der Waals surface area contributed by atoms with Crippen molar-refractivity contribution in [2.75, 3.05) is 26.8 Å². The van der Waals surface area contributed by atoms with Gasteiger partial charge in [0.25, 0.3) is 0 Å². The molecule has 0 fully saturated rings. The van der Waals surface area contributed by atoms with E-state index in [4.69, 9.17) is 4.74 Å². The summed E-state index contributed by atoms with van der Waals surface area (Å²) in [4.78, 5) is 11.7. The molecule has 1 aromatic carbocycles. The smallest absolute Gasteiger partial charge is 0.314 e. The molecule has 2 atom stereocenters. The van der Waals surface area contributed by atoms with E-state index < -0.39 is 6.10 Å². The second kappa shape index (κ2) is 8.00. The zero-order valence-corrected chi connectivity index (χ0v) is 12.5. The zero-order chi connectivity index (χ0) is 15.1. The molecule has 0 aliphatic heterocycles. The monoisotopic (exact) mass is 292 g/mol. The van der Waals surface area contributed by atoms with Gasteiger partial charge in [0.15, 0.2) is 0 Å². The Hall–Kier alpha value is -1.59. The lowest BCUT2D eigenvalue weighted by Gasteiger charge is -2.25. The predicted octanol–water partition coefficient (Wildman–Crippen LogP) is 1.41. The number of amides is 2. The minimum Gasteiger partial charge on any atom is -0.389 e. The molecule has 0 aromatic heterocycles. The van der Waals surface area contributed by atoms with Crippen molar-refractivity contribution in [2.45, 2.75) is 31.3 Å². The number of hydrogen-bond donors (Lipinski definition) is 3. The summed E-state index contributed by atoms with van der Waals surface area (Å²) < 4.78 is 4.81. The fourth-order valence-electron chi connectivity index (χ4n) is 2.81. The van der Waals surface area contributed by atoms with Crippen LogP contribution in [0.25, 0.3) is 0 Å². The Balaban J connectivity index is 1.77. The van der Waals surface area contributed by atoms with Gasteiger partial charge >= 0.3 is 6.03 Å². The number of fused-ring (bicyclic) bond motifs is 1. The van der Waals surface area contributed by atoms with Crippen LogP contribution in [0.3, 0.4) is 0 Å². The van der Waals surface area contributed by atoms with Crippen molar-refractivity contribution in [2.24, 2.45) is 0 Å². The van der Waals surface area contributed by atoms with Crippen LogP contribution in [0.15, 0.2) is 24.3 Å². The quantitative estimate of drug-likeness (QED) is 0.742. The topological polar surface area (TPSA) is 70.6 Å². The summed E-state index contributed by atoms with van der Waals surface area (Å²) in [7, 11) is 1.52. The summed E-state index contributed by atoms with van der Waals surface area (Å²) in [5.74, 6) is 0.379. The standard InChI is InChI=1S/C16H24N2O3/c1-21-11-14(19)10-18-16(20)17-9-13-7-4-6-12-5-2-3-8-15(12)13/h2-3,5,8,13-14,19H,4,6-7,9-11H2,1H3,(H2,17,18,20). The van der Waals surface area contributed by atoms with E-state index in [1.165, 1.54) is 18.2 Å². The molecule has 0 saturated carbocycles.